The molecule has 140 valence electrons. The summed E-state index contributed by atoms with van der Waals surface area (Å²) in [6.07, 6.45) is 0. The number of benzene rings is 2. The highest BCUT2D eigenvalue weighted by atomic mass is 16.5. The standard InChI is InChI=1S/C21H23N3O3/c1-14-6-7-16(12-15(14)2)21(26)24-10-8-23(9-11-24)18-5-3-4-17-20(18)27-13-19(25)22-17/h3-7,12H,8-11,13H2,1-2H3,(H,22,25). The minimum Gasteiger partial charge on any atom is -0.479 e. The summed E-state index contributed by atoms with van der Waals surface area (Å²) in [6, 6.07) is 11.6. The molecule has 0 bridgehead atoms. The van der Waals surface area contributed by atoms with Crippen molar-refractivity contribution in [2.45, 2.75) is 13.8 Å². The lowest BCUT2D eigenvalue weighted by atomic mass is 10.1. The van der Waals surface area contributed by atoms with Gasteiger partial charge in [0.05, 0.1) is 11.4 Å². The Morgan fingerprint density at radius 2 is 1.81 bits per heavy atom. The number of amides is 2. The molecule has 0 unspecified atom stereocenters. The van der Waals surface area contributed by atoms with E-state index in [1.165, 1.54) is 5.56 Å². The first kappa shape index (κ1) is 17.4. The second-order valence-electron chi connectivity index (χ2n) is 7.07. The molecule has 1 N–H and O–H groups in total. The lowest BCUT2D eigenvalue weighted by Gasteiger charge is -2.37. The van der Waals surface area contributed by atoms with Gasteiger partial charge in [0, 0.05) is 31.7 Å². The van der Waals surface area contributed by atoms with Gasteiger partial charge in [0.15, 0.2) is 12.4 Å². The van der Waals surface area contributed by atoms with Crippen molar-refractivity contribution in [3.63, 3.8) is 0 Å². The third kappa shape index (κ3) is 3.35. The van der Waals surface area contributed by atoms with E-state index >= 15 is 0 Å². The maximum absolute atomic E-state index is 12.8. The van der Waals surface area contributed by atoms with Crippen molar-refractivity contribution in [2.75, 3.05) is 43.0 Å². The Balaban J connectivity index is 1.46. The van der Waals surface area contributed by atoms with Gasteiger partial charge in [-0.05, 0) is 49.2 Å². The van der Waals surface area contributed by atoms with Crippen LogP contribution in [0.3, 0.4) is 0 Å². The van der Waals surface area contributed by atoms with Gasteiger partial charge in [-0.2, -0.15) is 0 Å². The first-order chi connectivity index (χ1) is 13.0. The highest BCUT2D eigenvalue weighted by Gasteiger charge is 2.26. The second-order valence-corrected chi connectivity index (χ2v) is 7.07. The van der Waals surface area contributed by atoms with Crippen LogP contribution in [0.5, 0.6) is 5.75 Å². The summed E-state index contributed by atoms with van der Waals surface area (Å²) < 4.78 is 5.65. The second kappa shape index (κ2) is 6.95. The molecule has 2 aromatic rings. The average molecular weight is 365 g/mol. The average Bonchev–Trinajstić information content (AvgIpc) is 2.69. The van der Waals surface area contributed by atoms with E-state index in [1.807, 2.05) is 55.1 Å². The molecule has 2 amide bonds. The van der Waals surface area contributed by atoms with Crippen molar-refractivity contribution in [3.05, 3.63) is 53.1 Å². The number of aryl methyl sites for hydroxylation is 2. The number of fused-ring (bicyclic) bond motifs is 1. The Bertz CT molecular complexity index is 902. The van der Waals surface area contributed by atoms with E-state index in [0.717, 1.165) is 29.9 Å². The number of hydrogen-bond donors (Lipinski definition) is 1. The number of ether oxygens (including phenoxy) is 1. The lowest BCUT2D eigenvalue weighted by Crippen LogP contribution is -2.49. The predicted octanol–water partition coefficient (Wildman–Crippen LogP) is 2.60. The molecule has 0 aliphatic carbocycles. The third-order valence-corrected chi connectivity index (χ3v) is 5.28. The Labute approximate surface area is 158 Å². The third-order valence-electron chi connectivity index (χ3n) is 5.28. The van der Waals surface area contributed by atoms with Crippen LogP contribution in [0.2, 0.25) is 0 Å². The molecule has 0 aromatic heterocycles. The summed E-state index contributed by atoms with van der Waals surface area (Å²) >= 11 is 0. The van der Waals surface area contributed by atoms with Gasteiger partial charge >= 0.3 is 0 Å². The normalized spacial score (nSPS) is 16.4. The van der Waals surface area contributed by atoms with Crippen molar-refractivity contribution >= 4 is 23.2 Å². The molecule has 0 atom stereocenters. The zero-order valence-corrected chi connectivity index (χ0v) is 15.6. The molecular weight excluding hydrogens is 342 g/mol. The quantitative estimate of drug-likeness (QED) is 0.889. The van der Waals surface area contributed by atoms with Crippen LogP contribution in [0.4, 0.5) is 11.4 Å². The van der Waals surface area contributed by atoms with Crippen LogP contribution in [0, 0.1) is 13.8 Å². The van der Waals surface area contributed by atoms with Gasteiger partial charge in [-0.15, -0.1) is 0 Å². The summed E-state index contributed by atoms with van der Waals surface area (Å²) in [6.45, 7) is 6.88. The van der Waals surface area contributed by atoms with E-state index in [1.54, 1.807) is 0 Å². The highest BCUT2D eigenvalue weighted by Crippen LogP contribution is 2.38. The number of carbonyl (C=O) groups is 2. The van der Waals surface area contributed by atoms with E-state index in [-0.39, 0.29) is 18.4 Å². The lowest BCUT2D eigenvalue weighted by molar-refractivity contribution is -0.118. The molecule has 1 fully saturated rings. The van der Waals surface area contributed by atoms with Crippen molar-refractivity contribution < 1.29 is 14.3 Å². The van der Waals surface area contributed by atoms with Crippen LogP contribution >= 0.6 is 0 Å². The Kier molecular flexibility index (Phi) is 4.48. The van der Waals surface area contributed by atoms with Crippen molar-refractivity contribution in [1.82, 2.24) is 4.90 Å². The maximum Gasteiger partial charge on any atom is 0.262 e. The fraction of sp³-hybridized carbons (Fsp3) is 0.333. The fourth-order valence-corrected chi connectivity index (χ4v) is 3.56. The van der Waals surface area contributed by atoms with Crippen LogP contribution in [0.25, 0.3) is 0 Å². The van der Waals surface area contributed by atoms with E-state index in [9.17, 15) is 9.59 Å². The molecular formula is C21H23N3O3. The molecule has 4 rings (SSSR count). The number of para-hydroxylation sites is 1. The number of nitrogens with one attached hydrogen (secondary N) is 1. The summed E-state index contributed by atoms with van der Waals surface area (Å²) in [5.41, 5.74) is 4.74. The first-order valence-corrected chi connectivity index (χ1v) is 9.20. The van der Waals surface area contributed by atoms with Crippen molar-refractivity contribution in [2.24, 2.45) is 0 Å². The van der Waals surface area contributed by atoms with Gasteiger partial charge in [0.25, 0.3) is 11.8 Å². The van der Waals surface area contributed by atoms with Gasteiger partial charge in [-0.25, -0.2) is 0 Å². The van der Waals surface area contributed by atoms with Crippen LogP contribution in [0.15, 0.2) is 36.4 Å². The number of rotatable bonds is 2. The number of nitrogens with zero attached hydrogens (tertiary/aromatic N) is 2. The van der Waals surface area contributed by atoms with Gasteiger partial charge < -0.3 is 19.9 Å². The number of anilines is 2. The first-order valence-electron chi connectivity index (χ1n) is 9.20. The highest BCUT2D eigenvalue weighted by molar-refractivity contribution is 5.97. The molecule has 2 aromatic carbocycles. The topological polar surface area (TPSA) is 61.9 Å². The molecule has 6 nitrogen and oxygen atoms in total. The summed E-state index contributed by atoms with van der Waals surface area (Å²) in [7, 11) is 0. The van der Waals surface area contributed by atoms with E-state index in [4.69, 9.17) is 4.74 Å². The van der Waals surface area contributed by atoms with E-state index in [2.05, 4.69) is 10.2 Å². The molecule has 2 aliphatic rings. The SMILES string of the molecule is Cc1ccc(C(=O)N2CCN(c3cccc4c3OCC(=O)N4)CC2)cc1C. The number of carbonyl (C=O) groups excluding carboxylic acids is 2. The van der Waals surface area contributed by atoms with Gasteiger partial charge in [-0.1, -0.05) is 12.1 Å². The van der Waals surface area contributed by atoms with Gasteiger partial charge in [0.2, 0.25) is 0 Å². The Morgan fingerprint density at radius 1 is 1.04 bits per heavy atom. The van der Waals surface area contributed by atoms with Crippen molar-refractivity contribution in [1.29, 1.82) is 0 Å². The van der Waals surface area contributed by atoms with Gasteiger partial charge in [-0.3, -0.25) is 9.59 Å². The molecule has 2 aliphatic heterocycles. The zero-order chi connectivity index (χ0) is 19.0. The monoisotopic (exact) mass is 365 g/mol. The van der Waals surface area contributed by atoms with E-state index in [0.29, 0.717) is 24.5 Å². The molecule has 2 heterocycles. The largest absolute Gasteiger partial charge is 0.479 e. The van der Waals surface area contributed by atoms with Crippen LogP contribution in [-0.4, -0.2) is 49.5 Å². The Morgan fingerprint density at radius 3 is 2.56 bits per heavy atom. The van der Waals surface area contributed by atoms with Gasteiger partial charge in [0.1, 0.15) is 0 Å². The summed E-state index contributed by atoms with van der Waals surface area (Å²) in [5.74, 6) is 0.658. The molecule has 27 heavy (non-hydrogen) atoms. The fourth-order valence-electron chi connectivity index (χ4n) is 3.56. The summed E-state index contributed by atoms with van der Waals surface area (Å²) in [5, 5.41) is 2.84. The summed E-state index contributed by atoms with van der Waals surface area (Å²) in [4.78, 5) is 28.4. The Hall–Kier alpha value is -3.02. The molecule has 0 spiro atoms. The minimum absolute atomic E-state index is 0.0369. The molecule has 1 saturated heterocycles. The molecule has 6 heteroatoms. The molecule has 0 saturated carbocycles. The molecule has 0 radical (unpaired) electrons. The smallest absolute Gasteiger partial charge is 0.262 e. The maximum atomic E-state index is 12.8. The van der Waals surface area contributed by atoms with Crippen LogP contribution < -0.4 is 15.0 Å². The van der Waals surface area contributed by atoms with Crippen LogP contribution in [-0.2, 0) is 4.79 Å². The number of hydrogen-bond acceptors (Lipinski definition) is 4. The minimum atomic E-state index is -0.136. The van der Waals surface area contributed by atoms with Crippen LogP contribution in [0.1, 0.15) is 21.5 Å². The van der Waals surface area contributed by atoms with E-state index < -0.39 is 0 Å². The predicted molar refractivity (Wildman–Crippen MR) is 105 cm³/mol. The zero-order valence-electron chi connectivity index (χ0n) is 15.6. The number of piperazine rings is 1. The van der Waals surface area contributed by atoms with Crippen molar-refractivity contribution in [3.8, 4) is 5.75 Å².